The summed E-state index contributed by atoms with van der Waals surface area (Å²) in [6.45, 7) is 8.67. The van der Waals surface area contributed by atoms with Gasteiger partial charge in [0.2, 0.25) is 5.91 Å². The van der Waals surface area contributed by atoms with E-state index in [2.05, 4.69) is 5.32 Å². The van der Waals surface area contributed by atoms with Gasteiger partial charge in [-0.25, -0.2) is 4.79 Å². The molecule has 0 bridgehead atoms. The molecule has 0 atom stereocenters. The molecule has 1 rings (SSSR count). The Bertz CT molecular complexity index is 482. The summed E-state index contributed by atoms with van der Waals surface area (Å²) in [6.07, 6.45) is 0.270. The Balaban J connectivity index is 2.81. The molecule has 112 valence electrons. The summed E-state index contributed by atoms with van der Waals surface area (Å²) in [5.41, 5.74) is 1.31. The van der Waals surface area contributed by atoms with Crippen molar-refractivity contribution in [1.82, 2.24) is 0 Å². The monoisotopic (exact) mass is 299 g/mol. The lowest BCUT2D eigenvalue weighted by molar-refractivity contribution is -0.117. The van der Waals surface area contributed by atoms with Crippen molar-refractivity contribution in [3.05, 3.63) is 16.0 Å². The first-order valence-electron chi connectivity index (χ1n) is 6.65. The van der Waals surface area contributed by atoms with Crippen LogP contribution in [0.25, 0.3) is 0 Å². The first-order valence-corrected chi connectivity index (χ1v) is 7.47. The number of hydrogen-bond acceptors (Lipinski definition) is 5. The molecule has 0 aliphatic heterocycles. The minimum atomic E-state index is -0.394. The molecule has 0 saturated carbocycles. The SMILES string of the molecule is CCOCCC(=O)Nc1sc(C)c(C)c1C(=O)OCC. The number of aryl methyl sites for hydroxylation is 1. The van der Waals surface area contributed by atoms with Gasteiger partial charge in [-0.3, -0.25) is 4.79 Å². The first-order chi connectivity index (χ1) is 9.51. The van der Waals surface area contributed by atoms with Crippen LogP contribution in [-0.4, -0.2) is 31.7 Å². The summed E-state index contributed by atoms with van der Waals surface area (Å²) < 4.78 is 10.2. The van der Waals surface area contributed by atoms with Crippen LogP contribution < -0.4 is 5.32 Å². The maximum Gasteiger partial charge on any atom is 0.341 e. The Hall–Kier alpha value is -1.40. The highest BCUT2D eigenvalue weighted by Gasteiger charge is 2.21. The number of carbonyl (C=O) groups is 2. The molecule has 1 heterocycles. The van der Waals surface area contributed by atoms with Gasteiger partial charge in [0.1, 0.15) is 5.00 Å². The summed E-state index contributed by atoms with van der Waals surface area (Å²) in [4.78, 5) is 24.7. The van der Waals surface area contributed by atoms with E-state index in [1.54, 1.807) is 6.92 Å². The van der Waals surface area contributed by atoms with Gasteiger partial charge in [-0.15, -0.1) is 11.3 Å². The molecule has 1 N–H and O–H groups in total. The fourth-order valence-electron chi connectivity index (χ4n) is 1.66. The lowest BCUT2D eigenvalue weighted by Gasteiger charge is -2.07. The Morgan fingerprint density at radius 1 is 1.20 bits per heavy atom. The zero-order valence-electron chi connectivity index (χ0n) is 12.4. The maximum absolute atomic E-state index is 11.9. The highest BCUT2D eigenvalue weighted by atomic mass is 32.1. The molecular weight excluding hydrogens is 278 g/mol. The van der Waals surface area contributed by atoms with Crippen LogP contribution in [0.15, 0.2) is 0 Å². The second-order valence-electron chi connectivity index (χ2n) is 4.20. The molecule has 1 aromatic rings. The third-order valence-electron chi connectivity index (χ3n) is 2.80. The Morgan fingerprint density at radius 3 is 2.50 bits per heavy atom. The molecule has 0 radical (unpaired) electrons. The minimum Gasteiger partial charge on any atom is -0.462 e. The van der Waals surface area contributed by atoms with Crippen LogP contribution in [0.1, 0.15) is 41.1 Å². The van der Waals surface area contributed by atoms with Gasteiger partial charge in [-0.1, -0.05) is 0 Å². The Morgan fingerprint density at radius 2 is 1.90 bits per heavy atom. The van der Waals surface area contributed by atoms with E-state index in [1.165, 1.54) is 11.3 Å². The van der Waals surface area contributed by atoms with Crippen LogP contribution in [0.4, 0.5) is 5.00 Å². The van der Waals surface area contributed by atoms with Gasteiger partial charge in [-0.05, 0) is 33.3 Å². The van der Waals surface area contributed by atoms with Crippen LogP contribution in [0.3, 0.4) is 0 Å². The van der Waals surface area contributed by atoms with Crippen molar-refractivity contribution < 1.29 is 19.1 Å². The number of amides is 1. The van der Waals surface area contributed by atoms with Crippen LogP contribution >= 0.6 is 11.3 Å². The highest BCUT2D eigenvalue weighted by Crippen LogP contribution is 2.33. The average Bonchev–Trinajstić information content (AvgIpc) is 2.65. The second kappa shape index (κ2) is 8.01. The van der Waals surface area contributed by atoms with Crippen LogP contribution in [0.2, 0.25) is 0 Å². The van der Waals surface area contributed by atoms with Crippen LogP contribution in [-0.2, 0) is 14.3 Å². The van der Waals surface area contributed by atoms with Gasteiger partial charge in [0.15, 0.2) is 0 Å². The number of rotatable bonds is 7. The summed E-state index contributed by atoms with van der Waals surface area (Å²) in [5.74, 6) is -0.556. The third-order valence-corrected chi connectivity index (χ3v) is 3.92. The Labute approximate surface area is 123 Å². The second-order valence-corrected chi connectivity index (χ2v) is 5.43. The van der Waals surface area contributed by atoms with E-state index in [4.69, 9.17) is 9.47 Å². The average molecular weight is 299 g/mol. The smallest absolute Gasteiger partial charge is 0.341 e. The van der Waals surface area contributed by atoms with Crippen molar-refractivity contribution in [3.8, 4) is 0 Å². The third kappa shape index (κ3) is 4.31. The molecule has 0 unspecified atom stereocenters. The Kier molecular flexibility index (Phi) is 6.67. The van der Waals surface area contributed by atoms with Crippen molar-refractivity contribution in [2.24, 2.45) is 0 Å². The predicted octanol–water partition coefficient (Wildman–Crippen LogP) is 2.91. The standard InChI is InChI=1S/C14H21NO4S/c1-5-18-8-7-11(16)15-13-12(14(17)19-6-2)9(3)10(4)20-13/h5-8H2,1-4H3,(H,15,16). The number of nitrogens with one attached hydrogen (secondary N) is 1. The van der Waals surface area contributed by atoms with E-state index in [1.807, 2.05) is 20.8 Å². The molecule has 5 nitrogen and oxygen atoms in total. The zero-order valence-corrected chi connectivity index (χ0v) is 13.2. The molecule has 0 aliphatic rings. The van der Waals surface area contributed by atoms with Crippen molar-refractivity contribution in [1.29, 1.82) is 0 Å². The predicted molar refractivity (Wildman–Crippen MR) is 79.5 cm³/mol. The summed E-state index contributed by atoms with van der Waals surface area (Å²) >= 11 is 1.39. The van der Waals surface area contributed by atoms with Gasteiger partial charge in [-0.2, -0.15) is 0 Å². The topological polar surface area (TPSA) is 64.6 Å². The van der Waals surface area contributed by atoms with Gasteiger partial charge < -0.3 is 14.8 Å². The van der Waals surface area contributed by atoms with Crippen LogP contribution in [0.5, 0.6) is 0 Å². The van der Waals surface area contributed by atoms with Crippen molar-refractivity contribution in [3.63, 3.8) is 0 Å². The largest absolute Gasteiger partial charge is 0.462 e. The summed E-state index contributed by atoms with van der Waals surface area (Å²) in [7, 11) is 0. The molecule has 1 amide bonds. The molecule has 0 fully saturated rings. The summed E-state index contributed by atoms with van der Waals surface area (Å²) in [5, 5.41) is 3.32. The number of anilines is 1. The van der Waals surface area contributed by atoms with Gasteiger partial charge in [0.25, 0.3) is 0 Å². The molecule has 6 heteroatoms. The molecule has 0 aromatic carbocycles. The first kappa shape index (κ1) is 16.7. The van der Waals surface area contributed by atoms with Crippen molar-refractivity contribution in [2.45, 2.75) is 34.1 Å². The van der Waals surface area contributed by atoms with Crippen LogP contribution in [0, 0.1) is 13.8 Å². The lowest BCUT2D eigenvalue weighted by atomic mass is 10.1. The molecule has 0 saturated heterocycles. The normalized spacial score (nSPS) is 10.4. The molecular formula is C14H21NO4S. The van der Waals surface area contributed by atoms with Gasteiger partial charge in [0.05, 0.1) is 25.2 Å². The maximum atomic E-state index is 11.9. The van der Waals surface area contributed by atoms with E-state index in [-0.39, 0.29) is 12.3 Å². The molecule has 0 spiro atoms. The lowest BCUT2D eigenvalue weighted by Crippen LogP contribution is -2.16. The number of hydrogen-bond donors (Lipinski definition) is 1. The van der Waals surface area contributed by atoms with E-state index >= 15 is 0 Å². The van der Waals surface area contributed by atoms with Gasteiger partial charge >= 0.3 is 5.97 Å². The van der Waals surface area contributed by atoms with E-state index in [9.17, 15) is 9.59 Å². The number of esters is 1. The van der Waals surface area contributed by atoms with Crippen molar-refractivity contribution >= 4 is 28.2 Å². The molecule has 0 aliphatic carbocycles. The molecule has 1 aromatic heterocycles. The fraction of sp³-hybridized carbons (Fsp3) is 0.571. The number of thiophene rings is 1. The van der Waals surface area contributed by atoms with Crippen molar-refractivity contribution in [2.75, 3.05) is 25.1 Å². The number of ether oxygens (including phenoxy) is 2. The minimum absolute atomic E-state index is 0.162. The van der Waals surface area contributed by atoms with Gasteiger partial charge in [0, 0.05) is 11.5 Å². The van der Waals surface area contributed by atoms with E-state index in [0.717, 1.165) is 10.4 Å². The number of carbonyl (C=O) groups excluding carboxylic acids is 2. The van der Waals surface area contributed by atoms with E-state index in [0.29, 0.717) is 30.4 Å². The molecule has 20 heavy (non-hydrogen) atoms. The highest BCUT2D eigenvalue weighted by molar-refractivity contribution is 7.16. The summed E-state index contributed by atoms with van der Waals surface area (Å²) in [6, 6.07) is 0. The van der Waals surface area contributed by atoms with E-state index < -0.39 is 5.97 Å². The zero-order chi connectivity index (χ0) is 15.1. The fourth-order valence-corrected chi connectivity index (χ4v) is 2.73. The quantitative estimate of drug-likeness (QED) is 0.621.